The zero-order valence-corrected chi connectivity index (χ0v) is 11.8. The standard InChI is InChI=1S/C17H23NO/c1-11-7-12(2)9-13(8-11)17-10-15(18)14-5-3-4-6-16(14)19-17/h3-7,11,13,15,17H,8-10,18H2,1-2H3. The van der Waals surface area contributed by atoms with Gasteiger partial charge in [0.2, 0.25) is 0 Å². The Morgan fingerprint density at radius 3 is 2.79 bits per heavy atom. The monoisotopic (exact) mass is 257 g/mol. The van der Waals surface area contributed by atoms with Crippen molar-refractivity contribution in [3.8, 4) is 5.75 Å². The maximum atomic E-state index is 6.32. The van der Waals surface area contributed by atoms with Crippen molar-refractivity contribution in [1.82, 2.24) is 0 Å². The van der Waals surface area contributed by atoms with Gasteiger partial charge in [-0.2, -0.15) is 0 Å². The molecule has 1 aliphatic heterocycles. The zero-order chi connectivity index (χ0) is 13.4. The number of hydrogen-bond acceptors (Lipinski definition) is 2. The Kier molecular flexibility index (Phi) is 3.36. The normalized spacial score (nSPS) is 34.2. The van der Waals surface area contributed by atoms with E-state index < -0.39 is 0 Å². The third kappa shape index (κ3) is 2.55. The molecule has 2 nitrogen and oxygen atoms in total. The van der Waals surface area contributed by atoms with Crippen LogP contribution in [0.4, 0.5) is 0 Å². The van der Waals surface area contributed by atoms with Crippen LogP contribution in [0, 0.1) is 11.8 Å². The highest BCUT2D eigenvalue weighted by Crippen LogP contribution is 2.40. The minimum atomic E-state index is 0.122. The van der Waals surface area contributed by atoms with Crippen molar-refractivity contribution in [2.75, 3.05) is 0 Å². The van der Waals surface area contributed by atoms with Gasteiger partial charge in [-0.25, -0.2) is 0 Å². The summed E-state index contributed by atoms with van der Waals surface area (Å²) in [6.45, 7) is 4.53. The van der Waals surface area contributed by atoms with Crippen molar-refractivity contribution >= 4 is 0 Å². The number of rotatable bonds is 1. The number of benzene rings is 1. The molecule has 0 fully saturated rings. The quantitative estimate of drug-likeness (QED) is 0.776. The average molecular weight is 257 g/mol. The smallest absolute Gasteiger partial charge is 0.124 e. The molecule has 1 aliphatic carbocycles. The molecule has 0 saturated heterocycles. The Balaban J connectivity index is 1.80. The van der Waals surface area contributed by atoms with Crippen molar-refractivity contribution in [2.24, 2.45) is 17.6 Å². The topological polar surface area (TPSA) is 35.2 Å². The van der Waals surface area contributed by atoms with Crippen molar-refractivity contribution in [1.29, 1.82) is 0 Å². The van der Waals surface area contributed by atoms with E-state index in [1.165, 1.54) is 12.0 Å². The van der Waals surface area contributed by atoms with Crippen LogP contribution < -0.4 is 10.5 Å². The average Bonchev–Trinajstić information content (AvgIpc) is 2.37. The van der Waals surface area contributed by atoms with Crippen LogP contribution in [-0.4, -0.2) is 6.10 Å². The van der Waals surface area contributed by atoms with Gasteiger partial charge in [0, 0.05) is 23.9 Å². The molecular formula is C17H23NO. The van der Waals surface area contributed by atoms with Crippen molar-refractivity contribution in [3.05, 3.63) is 41.5 Å². The summed E-state index contributed by atoms with van der Waals surface area (Å²) in [5, 5.41) is 0. The number of fused-ring (bicyclic) bond motifs is 1. The van der Waals surface area contributed by atoms with Crippen LogP contribution >= 0.6 is 0 Å². The van der Waals surface area contributed by atoms with E-state index in [-0.39, 0.29) is 12.1 Å². The molecule has 2 aliphatic rings. The molecule has 0 bridgehead atoms. The highest BCUT2D eigenvalue weighted by Gasteiger charge is 2.33. The van der Waals surface area contributed by atoms with Crippen LogP contribution in [0.5, 0.6) is 5.75 Å². The molecule has 19 heavy (non-hydrogen) atoms. The number of nitrogens with two attached hydrogens (primary N) is 1. The first-order chi connectivity index (χ1) is 9.13. The fraction of sp³-hybridized carbons (Fsp3) is 0.529. The van der Waals surface area contributed by atoms with Crippen LogP contribution in [0.3, 0.4) is 0 Å². The summed E-state index contributed by atoms with van der Waals surface area (Å²) in [7, 11) is 0. The summed E-state index contributed by atoms with van der Waals surface area (Å²) < 4.78 is 6.23. The van der Waals surface area contributed by atoms with Crippen molar-refractivity contribution in [2.45, 2.75) is 45.3 Å². The van der Waals surface area contributed by atoms with Gasteiger partial charge in [0.15, 0.2) is 0 Å². The van der Waals surface area contributed by atoms with E-state index in [9.17, 15) is 0 Å². The number of hydrogen-bond donors (Lipinski definition) is 1. The van der Waals surface area contributed by atoms with Crippen LogP contribution in [0.1, 0.15) is 44.7 Å². The van der Waals surface area contributed by atoms with Gasteiger partial charge in [-0.3, -0.25) is 0 Å². The SMILES string of the molecule is CC1=CC(C)CC(C2CC(N)c3ccccc3O2)C1. The Morgan fingerprint density at radius 2 is 2.00 bits per heavy atom. The lowest BCUT2D eigenvalue weighted by Gasteiger charge is -2.37. The van der Waals surface area contributed by atoms with Crippen LogP contribution in [0.25, 0.3) is 0 Å². The molecule has 0 amide bonds. The fourth-order valence-corrected chi connectivity index (χ4v) is 3.65. The molecule has 0 spiro atoms. The molecule has 1 heterocycles. The molecule has 1 aromatic carbocycles. The Morgan fingerprint density at radius 1 is 1.21 bits per heavy atom. The third-order valence-electron chi connectivity index (χ3n) is 4.44. The molecule has 2 N–H and O–H groups in total. The summed E-state index contributed by atoms with van der Waals surface area (Å²) >= 11 is 0. The highest BCUT2D eigenvalue weighted by atomic mass is 16.5. The summed E-state index contributed by atoms with van der Waals surface area (Å²) in [5.41, 5.74) is 8.98. The first-order valence-corrected chi connectivity index (χ1v) is 7.32. The van der Waals surface area contributed by atoms with Crippen LogP contribution in [0.15, 0.2) is 35.9 Å². The largest absolute Gasteiger partial charge is 0.490 e. The summed E-state index contributed by atoms with van der Waals surface area (Å²) in [6.07, 6.45) is 5.99. The predicted octanol–water partition coefficient (Wildman–Crippen LogP) is 3.83. The molecule has 2 heteroatoms. The van der Waals surface area contributed by atoms with Gasteiger partial charge in [0.05, 0.1) is 0 Å². The summed E-state index contributed by atoms with van der Waals surface area (Å²) in [5.74, 6) is 2.27. The molecule has 1 aromatic rings. The zero-order valence-electron chi connectivity index (χ0n) is 11.8. The second-order valence-corrected chi connectivity index (χ2v) is 6.23. The van der Waals surface area contributed by atoms with Gasteiger partial charge in [-0.1, -0.05) is 36.8 Å². The predicted molar refractivity (Wildman–Crippen MR) is 78.0 cm³/mol. The molecule has 0 saturated carbocycles. The Labute approximate surface area is 115 Å². The number of ether oxygens (including phenoxy) is 1. The minimum absolute atomic E-state index is 0.122. The van der Waals surface area contributed by atoms with Gasteiger partial charge >= 0.3 is 0 Å². The van der Waals surface area contributed by atoms with E-state index in [4.69, 9.17) is 10.5 Å². The van der Waals surface area contributed by atoms with E-state index in [2.05, 4.69) is 32.1 Å². The Bertz CT molecular complexity index is 494. The lowest BCUT2D eigenvalue weighted by Crippen LogP contribution is -2.37. The van der Waals surface area contributed by atoms with E-state index in [1.807, 2.05) is 12.1 Å². The highest BCUT2D eigenvalue weighted by molar-refractivity contribution is 5.37. The molecule has 102 valence electrons. The second-order valence-electron chi connectivity index (χ2n) is 6.23. The minimum Gasteiger partial charge on any atom is -0.490 e. The van der Waals surface area contributed by atoms with Gasteiger partial charge < -0.3 is 10.5 Å². The van der Waals surface area contributed by atoms with Gasteiger partial charge in [0.25, 0.3) is 0 Å². The fourth-order valence-electron chi connectivity index (χ4n) is 3.65. The molecule has 0 aromatic heterocycles. The van der Waals surface area contributed by atoms with Gasteiger partial charge in [0.1, 0.15) is 11.9 Å². The second kappa shape index (κ2) is 5.01. The number of para-hydroxylation sites is 1. The van der Waals surface area contributed by atoms with Crippen molar-refractivity contribution in [3.63, 3.8) is 0 Å². The van der Waals surface area contributed by atoms with Crippen LogP contribution in [-0.2, 0) is 0 Å². The lowest BCUT2D eigenvalue weighted by atomic mass is 9.78. The van der Waals surface area contributed by atoms with E-state index in [0.717, 1.165) is 24.2 Å². The van der Waals surface area contributed by atoms with Gasteiger partial charge in [-0.15, -0.1) is 0 Å². The third-order valence-corrected chi connectivity index (χ3v) is 4.44. The van der Waals surface area contributed by atoms with E-state index in [1.54, 1.807) is 0 Å². The molecule has 3 rings (SSSR count). The first-order valence-electron chi connectivity index (χ1n) is 7.32. The lowest BCUT2D eigenvalue weighted by molar-refractivity contribution is 0.0858. The first kappa shape index (κ1) is 12.7. The van der Waals surface area contributed by atoms with Crippen molar-refractivity contribution < 1.29 is 4.74 Å². The van der Waals surface area contributed by atoms with Gasteiger partial charge in [-0.05, 0) is 31.7 Å². The maximum Gasteiger partial charge on any atom is 0.124 e. The number of allylic oxidation sites excluding steroid dienone is 2. The summed E-state index contributed by atoms with van der Waals surface area (Å²) in [4.78, 5) is 0. The summed E-state index contributed by atoms with van der Waals surface area (Å²) in [6, 6.07) is 8.33. The van der Waals surface area contributed by atoms with Crippen LogP contribution in [0.2, 0.25) is 0 Å². The molecular weight excluding hydrogens is 234 g/mol. The van der Waals surface area contributed by atoms with E-state index >= 15 is 0 Å². The maximum absolute atomic E-state index is 6.32. The molecule has 4 atom stereocenters. The Hall–Kier alpha value is -1.28. The molecule has 4 unspecified atom stereocenters. The molecule has 0 radical (unpaired) electrons. The van der Waals surface area contributed by atoms with E-state index in [0.29, 0.717) is 11.8 Å².